The van der Waals surface area contributed by atoms with Gasteiger partial charge in [-0.05, 0) is 38.3 Å². The van der Waals surface area contributed by atoms with E-state index in [0.29, 0.717) is 18.9 Å². The largest absolute Gasteiger partial charge is 0.378 e. The topological polar surface area (TPSA) is 102 Å². The van der Waals surface area contributed by atoms with Crippen molar-refractivity contribution in [3.63, 3.8) is 0 Å². The molecule has 2 fully saturated rings. The first-order valence-corrected chi connectivity index (χ1v) is 8.69. The van der Waals surface area contributed by atoms with E-state index in [4.69, 9.17) is 10.5 Å². The first kappa shape index (κ1) is 15.7. The number of ether oxygens (including phenoxy) is 1. The number of nitrogens with two attached hydrogens (primary N) is 1. The zero-order valence-electron chi connectivity index (χ0n) is 11.6. The monoisotopic (exact) mass is 305 g/mol. The van der Waals surface area contributed by atoms with Gasteiger partial charge in [0.05, 0.1) is 19.0 Å². The first-order valence-electron chi connectivity index (χ1n) is 7.08. The zero-order valence-corrected chi connectivity index (χ0v) is 12.4. The van der Waals surface area contributed by atoms with Crippen molar-refractivity contribution in [3.8, 4) is 0 Å². The van der Waals surface area contributed by atoms with E-state index in [2.05, 4.69) is 5.32 Å². The molecule has 0 radical (unpaired) electrons. The summed E-state index contributed by atoms with van der Waals surface area (Å²) in [5.41, 5.74) is 5.26. The summed E-state index contributed by atoms with van der Waals surface area (Å²) < 4.78 is 31.2. The summed E-state index contributed by atoms with van der Waals surface area (Å²) in [5, 5.41) is 3.26. The van der Waals surface area contributed by atoms with Crippen LogP contribution in [-0.4, -0.2) is 63.3 Å². The number of carbonyl (C=O) groups is 1. The van der Waals surface area contributed by atoms with Crippen molar-refractivity contribution in [1.82, 2.24) is 9.62 Å². The van der Waals surface area contributed by atoms with Crippen LogP contribution in [0.3, 0.4) is 0 Å². The quantitative estimate of drug-likeness (QED) is 0.671. The lowest BCUT2D eigenvalue weighted by Gasteiger charge is -2.33. The SMILES string of the molecule is NC(=O)C1COCCN1S(=O)(=O)CCC1CCNCC1. The molecule has 0 spiro atoms. The van der Waals surface area contributed by atoms with Gasteiger partial charge in [-0.15, -0.1) is 0 Å². The average molecular weight is 305 g/mol. The number of morpholine rings is 1. The van der Waals surface area contributed by atoms with Gasteiger partial charge >= 0.3 is 0 Å². The van der Waals surface area contributed by atoms with Crippen molar-refractivity contribution >= 4 is 15.9 Å². The highest BCUT2D eigenvalue weighted by Crippen LogP contribution is 2.20. The third kappa shape index (κ3) is 3.91. The molecule has 2 rings (SSSR count). The van der Waals surface area contributed by atoms with Crippen molar-refractivity contribution < 1.29 is 17.9 Å². The average Bonchev–Trinajstić information content (AvgIpc) is 2.46. The summed E-state index contributed by atoms with van der Waals surface area (Å²) in [5.74, 6) is -0.115. The lowest BCUT2D eigenvalue weighted by atomic mass is 9.96. The van der Waals surface area contributed by atoms with Gasteiger partial charge in [0, 0.05) is 6.54 Å². The fourth-order valence-corrected chi connectivity index (χ4v) is 4.52. The molecule has 2 heterocycles. The van der Waals surface area contributed by atoms with E-state index in [1.54, 1.807) is 0 Å². The van der Waals surface area contributed by atoms with Crippen LogP contribution >= 0.6 is 0 Å². The van der Waals surface area contributed by atoms with Crippen molar-refractivity contribution in [3.05, 3.63) is 0 Å². The predicted octanol–water partition coefficient (Wildman–Crippen LogP) is -1.11. The number of sulfonamides is 1. The van der Waals surface area contributed by atoms with Crippen molar-refractivity contribution in [2.75, 3.05) is 38.6 Å². The minimum absolute atomic E-state index is 0.0575. The highest BCUT2D eigenvalue weighted by Gasteiger charge is 2.36. The summed E-state index contributed by atoms with van der Waals surface area (Å²) in [6.45, 7) is 2.48. The summed E-state index contributed by atoms with van der Waals surface area (Å²) in [6, 6.07) is -0.859. The van der Waals surface area contributed by atoms with Gasteiger partial charge in [-0.2, -0.15) is 4.31 Å². The van der Waals surface area contributed by atoms with Crippen LogP contribution in [0.25, 0.3) is 0 Å². The zero-order chi connectivity index (χ0) is 14.6. The molecule has 0 bridgehead atoms. The van der Waals surface area contributed by atoms with Gasteiger partial charge in [0.15, 0.2) is 0 Å². The predicted molar refractivity (Wildman–Crippen MR) is 74.5 cm³/mol. The van der Waals surface area contributed by atoms with Crippen molar-refractivity contribution in [1.29, 1.82) is 0 Å². The Morgan fingerprint density at radius 1 is 1.35 bits per heavy atom. The highest BCUT2D eigenvalue weighted by atomic mass is 32.2. The summed E-state index contributed by atoms with van der Waals surface area (Å²) in [4.78, 5) is 11.3. The fourth-order valence-electron chi connectivity index (χ4n) is 2.75. The molecular weight excluding hydrogens is 282 g/mol. The van der Waals surface area contributed by atoms with Crippen LogP contribution in [0.2, 0.25) is 0 Å². The van der Waals surface area contributed by atoms with E-state index in [0.717, 1.165) is 25.9 Å². The van der Waals surface area contributed by atoms with Crippen LogP contribution in [0.5, 0.6) is 0 Å². The first-order chi connectivity index (χ1) is 9.50. The Morgan fingerprint density at radius 2 is 2.05 bits per heavy atom. The Kier molecular flexibility index (Phi) is 5.36. The van der Waals surface area contributed by atoms with E-state index < -0.39 is 22.0 Å². The summed E-state index contributed by atoms with van der Waals surface area (Å²) in [7, 11) is -3.44. The fraction of sp³-hybridized carbons (Fsp3) is 0.917. The third-order valence-electron chi connectivity index (χ3n) is 4.01. The van der Waals surface area contributed by atoms with E-state index in [1.165, 1.54) is 4.31 Å². The normalized spacial score (nSPS) is 26.5. The number of hydrogen-bond acceptors (Lipinski definition) is 5. The number of amides is 1. The Hall–Kier alpha value is -0.700. The molecule has 0 aromatic carbocycles. The number of nitrogens with zero attached hydrogens (tertiary/aromatic N) is 1. The molecule has 0 saturated carbocycles. The Morgan fingerprint density at radius 3 is 2.70 bits per heavy atom. The Bertz CT molecular complexity index is 434. The molecule has 0 aliphatic carbocycles. The molecule has 7 nitrogen and oxygen atoms in total. The maximum absolute atomic E-state index is 12.4. The molecule has 1 atom stereocenters. The van der Waals surface area contributed by atoms with Crippen LogP contribution in [-0.2, 0) is 19.6 Å². The maximum atomic E-state index is 12.4. The number of rotatable bonds is 5. The van der Waals surface area contributed by atoms with E-state index >= 15 is 0 Å². The van der Waals surface area contributed by atoms with Crippen LogP contribution in [0.1, 0.15) is 19.3 Å². The molecule has 20 heavy (non-hydrogen) atoms. The molecule has 1 unspecified atom stereocenters. The summed E-state index contributed by atoms with van der Waals surface area (Å²) in [6.07, 6.45) is 2.67. The molecule has 0 aromatic rings. The number of hydrogen-bond donors (Lipinski definition) is 2. The van der Waals surface area contributed by atoms with Gasteiger partial charge in [-0.3, -0.25) is 4.79 Å². The minimum Gasteiger partial charge on any atom is -0.378 e. The van der Waals surface area contributed by atoms with Gasteiger partial charge in [0.2, 0.25) is 15.9 Å². The van der Waals surface area contributed by atoms with E-state index in [9.17, 15) is 13.2 Å². The van der Waals surface area contributed by atoms with Gasteiger partial charge < -0.3 is 15.8 Å². The molecule has 2 aliphatic rings. The molecular formula is C12H23N3O4S. The smallest absolute Gasteiger partial charge is 0.238 e. The standard InChI is InChI=1S/C12H23N3O4S/c13-12(16)11-9-19-7-6-15(11)20(17,18)8-3-10-1-4-14-5-2-10/h10-11,14H,1-9H2,(H2,13,16). The van der Waals surface area contributed by atoms with E-state index in [1.807, 2.05) is 0 Å². The second-order valence-corrected chi connectivity index (χ2v) is 7.44. The van der Waals surface area contributed by atoms with Crippen LogP contribution in [0, 0.1) is 5.92 Å². The van der Waals surface area contributed by atoms with Crippen LogP contribution in [0.15, 0.2) is 0 Å². The lowest BCUT2D eigenvalue weighted by Crippen LogP contribution is -2.55. The molecule has 2 aliphatic heterocycles. The lowest BCUT2D eigenvalue weighted by molar-refractivity contribution is -0.125. The number of piperidine rings is 1. The molecule has 8 heteroatoms. The van der Waals surface area contributed by atoms with Gasteiger partial charge in [0.25, 0.3) is 0 Å². The highest BCUT2D eigenvalue weighted by molar-refractivity contribution is 7.89. The van der Waals surface area contributed by atoms with Crippen LogP contribution < -0.4 is 11.1 Å². The summed E-state index contributed by atoms with van der Waals surface area (Å²) >= 11 is 0. The number of nitrogens with one attached hydrogen (secondary N) is 1. The van der Waals surface area contributed by atoms with Crippen LogP contribution in [0.4, 0.5) is 0 Å². The van der Waals surface area contributed by atoms with Crippen molar-refractivity contribution in [2.24, 2.45) is 11.7 Å². The maximum Gasteiger partial charge on any atom is 0.238 e. The van der Waals surface area contributed by atoms with Gasteiger partial charge in [-0.25, -0.2) is 8.42 Å². The molecule has 2 saturated heterocycles. The minimum atomic E-state index is -3.44. The second kappa shape index (κ2) is 6.84. The molecule has 0 aromatic heterocycles. The molecule has 3 N–H and O–H groups in total. The number of primary amides is 1. The molecule has 1 amide bonds. The number of carbonyl (C=O) groups excluding carboxylic acids is 1. The Balaban J connectivity index is 1.95. The van der Waals surface area contributed by atoms with Gasteiger partial charge in [0.1, 0.15) is 6.04 Å². The second-order valence-electron chi connectivity index (χ2n) is 5.40. The van der Waals surface area contributed by atoms with Gasteiger partial charge in [-0.1, -0.05) is 0 Å². The van der Waals surface area contributed by atoms with Crippen molar-refractivity contribution in [2.45, 2.75) is 25.3 Å². The third-order valence-corrected chi connectivity index (χ3v) is 5.91. The molecule has 116 valence electrons. The van der Waals surface area contributed by atoms with E-state index in [-0.39, 0.29) is 18.9 Å². The Labute approximate surface area is 119 Å².